The largest absolute Gasteiger partial charge is 0.370 e. The lowest BCUT2D eigenvalue weighted by molar-refractivity contribution is -0.183. The number of ether oxygens (including phenoxy) is 4. The van der Waals surface area contributed by atoms with Gasteiger partial charge in [0.05, 0.1) is 37.1 Å². The summed E-state index contributed by atoms with van der Waals surface area (Å²) in [6.45, 7) is 5.54. The number of carbonyl (C=O) groups excluding carboxylic acids is 1. The molecule has 4 atom stereocenters. The van der Waals surface area contributed by atoms with Crippen LogP contribution in [0.1, 0.15) is 50.3 Å². The minimum Gasteiger partial charge on any atom is -0.370 e. The zero-order valence-electron chi connectivity index (χ0n) is 20.6. The van der Waals surface area contributed by atoms with Crippen molar-refractivity contribution in [2.75, 3.05) is 6.54 Å². The number of nitrogens with one attached hydrogen (secondary N) is 1. The smallest absolute Gasteiger partial charge is 0.252 e. The van der Waals surface area contributed by atoms with Crippen molar-refractivity contribution in [1.82, 2.24) is 5.32 Å². The van der Waals surface area contributed by atoms with Crippen LogP contribution in [0.5, 0.6) is 0 Å². The van der Waals surface area contributed by atoms with Crippen LogP contribution in [-0.4, -0.2) is 42.2 Å². The molecule has 2 fully saturated rings. The number of halogens is 2. The Balaban J connectivity index is 1.63. The Labute approximate surface area is 209 Å². The van der Waals surface area contributed by atoms with E-state index in [9.17, 15) is 18.8 Å². The van der Waals surface area contributed by atoms with E-state index < -0.39 is 41.3 Å². The molecule has 0 bridgehead atoms. The maximum Gasteiger partial charge on any atom is 0.252 e. The number of fused-ring (bicyclic) bond motifs is 1. The second-order valence-corrected chi connectivity index (χ2v) is 9.52. The molecule has 2 aromatic carbocycles. The van der Waals surface area contributed by atoms with Gasteiger partial charge in [0.2, 0.25) is 0 Å². The predicted molar refractivity (Wildman–Crippen MR) is 125 cm³/mol. The SMILES string of the molecule is CCNC(=O)[C@@]1(OCc2ccccc2C#N)C[C@H](OCc2cccc(F)c2F)[C@@H]2OC(C)(C)O[C@@H]2C1. The zero-order chi connectivity index (χ0) is 25.9. The van der Waals surface area contributed by atoms with E-state index in [-0.39, 0.29) is 37.5 Å². The first-order valence-corrected chi connectivity index (χ1v) is 12.0. The molecule has 0 aromatic heterocycles. The van der Waals surface area contributed by atoms with Crippen molar-refractivity contribution >= 4 is 5.91 Å². The van der Waals surface area contributed by atoms with Gasteiger partial charge in [-0.3, -0.25) is 4.79 Å². The highest BCUT2D eigenvalue weighted by atomic mass is 19.2. The summed E-state index contributed by atoms with van der Waals surface area (Å²) in [5.74, 6) is -3.20. The molecular formula is C27H30F2N2O5. The Bertz CT molecular complexity index is 1150. The quantitative estimate of drug-likeness (QED) is 0.586. The fourth-order valence-electron chi connectivity index (χ4n) is 4.86. The minimum absolute atomic E-state index is 0.0216. The third kappa shape index (κ3) is 5.42. The van der Waals surface area contributed by atoms with Gasteiger partial charge in [0.25, 0.3) is 5.91 Å². The lowest BCUT2D eigenvalue weighted by atomic mass is 9.78. The van der Waals surface area contributed by atoms with Gasteiger partial charge in [-0.25, -0.2) is 8.78 Å². The average Bonchev–Trinajstić information content (AvgIpc) is 3.17. The molecule has 4 rings (SSSR count). The molecule has 1 amide bonds. The van der Waals surface area contributed by atoms with Crippen molar-refractivity contribution in [1.29, 1.82) is 5.26 Å². The van der Waals surface area contributed by atoms with Gasteiger partial charge in [-0.15, -0.1) is 0 Å². The maximum atomic E-state index is 14.3. The van der Waals surface area contributed by atoms with Crippen molar-refractivity contribution in [2.45, 2.75) is 76.5 Å². The molecule has 1 saturated heterocycles. The maximum absolute atomic E-state index is 14.3. The Morgan fingerprint density at radius 2 is 1.86 bits per heavy atom. The van der Waals surface area contributed by atoms with Gasteiger partial charge in [0, 0.05) is 24.9 Å². The number of nitrogens with zero attached hydrogens (tertiary/aromatic N) is 1. The summed E-state index contributed by atoms with van der Waals surface area (Å²) >= 11 is 0. The molecule has 1 saturated carbocycles. The number of nitriles is 1. The van der Waals surface area contributed by atoms with E-state index in [1.807, 2.05) is 0 Å². The fraction of sp³-hybridized carbons (Fsp3) is 0.481. The molecule has 7 nitrogen and oxygen atoms in total. The molecule has 1 heterocycles. The fourth-order valence-corrected chi connectivity index (χ4v) is 4.86. The Hall–Kier alpha value is -2.90. The van der Waals surface area contributed by atoms with E-state index in [0.29, 0.717) is 17.7 Å². The van der Waals surface area contributed by atoms with E-state index >= 15 is 0 Å². The van der Waals surface area contributed by atoms with E-state index in [1.54, 1.807) is 45.0 Å². The number of benzene rings is 2. The summed E-state index contributed by atoms with van der Waals surface area (Å²) in [4.78, 5) is 13.4. The lowest BCUT2D eigenvalue weighted by Crippen LogP contribution is -2.60. The molecular weight excluding hydrogens is 470 g/mol. The molecule has 0 radical (unpaired) electrons. The molecule has 1 N–H and O–H groups in total. The van der Waals surface area contributed by atoms with Gasteiger partial charge >= 0.3 is 0 Å². The van der Waals surface area contributed by atoms with Crippen molar-refractivity contribution in [3.63, 3.8) is 0 Å². The third-order valence-corrected chi connectivity index (χ3v) is 6.53. The van der Waals surface area contributed by atoms with Crippen LogP contribution >= 0.6 is 0 Å². The number of hydrogen-bond donors (Lipinski definition) is 1. The second-order valence-electron chi connectivity index (χ2n) is 9.52. The molecule has 9 heteroatoms. The summed E-state index contributed by atoms with van der Waals surface area (Å²) in [6.07, 6.45) is -1.47. The van der Waals surface area contributed by atoms with Gasteiger partial charge in [-0.05, 0) is 38.5 Å². The normalized spacial score (nSPS) is 26.7. The Morgan fingerprint density at radius 1 is 1.11 bits per heavy atom. The lowest BCUT2D eigenvalue weighted by Gasteiger charge is -2.43. The van der Waals surface area contributed by atoms with Gasteiger partial charge in [-0.1, -0.05) is 30.3 Å². The topological polar surface area (TPSA) is 89.8 Å². The minimum atomic E-state index is -1.35. The molecule has 1 aliphatic carbocycles. The third-order valence-electron chi connectivity index (χ3n) is 6.53. The van der Waals surface area contributed by atoms with Crippen LogP contribution in [0.2, 0.25) is 0 Å². The van der Waals surface area contributed by atoms with E-state index in [1.165, 1.54) is 12.1 Å². The second kappa shape index (κ2) is 10.6. The molecule has 2 aromatic rings. The van der Waals surface area contributed by atoms with E-state index in [4.69, 9.17) is 18.9 Å². The summed E-state index contributed by atoms with van der Waals surface area (Å²) in [5.41, 5.74) is -0.195. The van der Waals surface area contributed by atoms with Crippen LogP contribution in [0.15, 0.2) is 42.5 Å². The summed E-state index contributed by atoms with van der Waals surface area (Å²) in [7, 11) is 0. The van der Waals surface area contributed by atoms with Crippen molar-refractivity contribution in [3.8, 4) is 6.07 Å². The van der Waals surface area contributed by atoms with Crippen molar-refractivity contribution < 1.29 is 32.5 Å². The molecule has 36 heavy (non-hydrogen) atoms. The zero-order valence-corrected chi connectivity index (χ0v) is 20.6. The predicted octanol–water partition coefficient (Wildman–Crippen LogP) is 4.13. The van der Waals surface area contributed by atoms with E-state index in [2.05, 4.69) is 11.4 Å². The van der Waals surface area contributed by atoms with Gasteiger partial charge in [0.1, 0.15) is 6.10 Å². The van der Waals surface area contributed by atoms with Crippen LogP contribution in [0.3, 0.4) is 0 Å². The van der Waals surface area contributed by atoms with Gasteiger partial charge in [0.15, 0.2) is 23.0 Å². The van der Waals surface area contributed by atoms with Crippen LogP contribution in [-0.2, 0) is 37.0 Å². The highest BCUT2D eigenvalue weighted by Crippen LogP contribution is 2.44. The van der Waals surface area contributed by atoms with Crippen molar-refractivity contribution in [3.05, 3.63) is 70.8 Å². The number of rotatable bonds is 8. The number of carbonyl (C=O) groups is 1. The average molecular weight is 501 g/mol. The first-order valence-electron chi connectivity index (χ1n) is 12.0. The first kappa shape index (κ1) is 26.2. The van der Waals surface area contributed by atoms with Crippen LogP contribution in [0.4, 0.5) is 8.78 Å². The summed E-state index contributed by atoms with van der Waals surface area (Å²) < 4.78 is 52.6. The molecule has 1 aliphatic heterocycles. The number of likely N-dealkylation sites (N-methyl/N-ethyl adjacent to an activating group) is 1. The summed E-state index contributed by atoms with van der Waals surface area (Å²) in [6, 6.07) is 13.0. The number of amides is 1. The molecule has 0 spiro atoms. The standard InChI is InChI=1S/C27H30F2N2O5/c1-4-31-25(32)27(34-16-18-9-6-5-8-17(18)14-30)12-21(24-22(13-27)35-26(2,3)36-24)33-15-19-10-7-11-20(28)23(19)29/h5-11,21-22,24H,4,12-13,15-16H2,1-3H3,(H,31,32)/t21-,22+,24-,27+/m0/s1. The van der Waals surface area contributed by atoms with Crippen molar-refractivity contribution in [2.24, 2.45) is 0 Å². The Morgan fingerprint density at radius 3 is 2.61 bits per heavy atom. The number of hydrogen-bond acceptors (Lipinski definition) is 6. The Kier molecular flexibility index (Phi) is 7.71. The summed E-state index contributed by atoms with van der Waals surface area (Å²) in [5, 5.41) is 12.3. The highest BCUT2D eigenvalue weighted by Gasteiger charge is 2.58. The van der Waals surface area contributed by atoms with Crippen LogP contribution in [0.25, 0.3) is 0 Å². The first-order chi connectivity index (χ1) is 17.2. The molecule has 2 aliphatic rings. The van der Waals surface area contributed by atoms with E-state index in [0.717, 1.165) is 6.07 Å². The van der Waals surface area contributed by atoms with Crippen LogP contribution < -0.4 is 5.32 Å². The molecule has 192 valence electrons. The molecule has 0 unspecified atom stereocenters. The highest BCUT2D eigenvalue weighted by molar-refractivity contribution is 5.85. The van der Waals surface area contributed by atoms with Gasteiger partial charge < -0.3 is 24.3 Å². The van der Waals surface area contributed by atoms with Gasteiger partial charge in [-0.2, -0.15) is 5.26 Å². The monoisotopic (exact) mass is 500 g/mol. The van der Waals surface area contributed by atoms with Crippen LogP contribution in [0, 0.1) is 23.0 Å².